The zero-order valence-corrected chi connectivity index (χ0v) is 29.7. The summed E-state index contributed by atoms with van der Waals surface area (Å²) in [5.41, 5.74) is 0.169. The third-order valence-electron chi connectivity index (χ3n) is 14.8. The van der Waals surface area contributed by atoms with E-state index in [9.17, 15) is 19.2 Å². The molecule has 11 rings (SSSR count). The summed E-state index contributed by atoms with van der Waals surface area (Å²) < 4.78 is 22.2. The van der Waals surface area contributed by atoms with Crippen molar-refractivity contribution >= 4 is 23.9 Å². The lowest BCUT2D eigenvalue weighted by molar-refractivity contribution is -0.206. The van der Waals surface area contributed by atoms with Crippen LogP contribution in [0, 0.1) is 65.1 Å². The van der Waals surface area contributed by atoms with E-state index in [1.54, 1.807) is 6.92 Å². The van der Waals surface area contributed by atoms with Crippen LogP contribution < -0.4 is 0 Å². The predicted octanol–water partition coefficient (Wildman–Crippen LogP) is 7.31. The van der Waals surface area contributed by atoms with Gasteiger partial charge in [-0.25, -0.2) is 14.4 Å². The summed E-state index contributed by atoms with van der Waals surface area (Å²) in [5.74, 6) is 5.80. The summed E-state index contributed by atoms with van der Waals surface area (Å²) in [4.78, 5) is 46.0. The van der Waals surface area contributed by atoms with Crippen molar-refractivity contribution in [2.24, 2.45) is 65.1 Å². The fraction of sp³-hybridized carbons (Fsp3) is 0.756. The van der Waals surface area contributed by atoms with Crippen molar-refractivity contribution in [2.75, 3.05) is 0 Å². The highest BCUT2D eigenvalue weighted by molar-refractivity contribution is 5.87. The second kappa shape index (κ2) is 13.0. The maximum Gasteiger partial charge on any atom is 0.333 e. The molecule has 0 aromatic rings. The molecule has 10 bridgehead atoms. The molecule has 8 nitrogen and oxygen atoms in total. The molecule has 49 heavy (non-hydrogen) atoms. The minimum absolute atomic E-state index is 0.0682. The summed E-state index contributed by atoms with van der Waals surface area (Å²) >= 11 is 0. The predicted molar refractivity (Wildman–Crippen MR) is 182 cm³/mol. The zero-order valence-electron chi connectivity index (χ0n) is 29.7. The molecular formula is C41H56O8. The molecule has 5 unspecified atom stereocenters. The second-order valence-electron chi connectivity index (χ2n) is 17.4. The van der Waals surface area contributed by atoms with E-state index in [1.165, 1.54) is 70.3 Å². The molecule has 268 valence electrons. The van der Waals surface area contributed by atoms with Crippen molar-refractivity contribution in [1.82, 2.24) is 0 Å². The lowest BCUT2D eigenvalue weighted by atomic mass is 9.49. The van der Waals surface area contributed by atoms with Crippen LogP contribution in [0.15, 0.2) is 37.5 Å². The van der Waals surface area contributed by atoms with Crippen LogP contribution in [0.3, 0.4) is 0 Å². The molecule has 0 amide bonds. The highest BCUT2D eigenvalue weighted by atomic mass is 16.6. The summed E-state index contributed by atoms with van der Waals surface area (Å²) in [6, 6.07) is 0. The van der Waals surface area contributed by atoms with Crippen molar-refractivity contribution in [3.05, 3.63) is 37.5 Å². The minimum atomic E-state index is -0.424. The molecule has 1 saturated heterocycles. The van der Waals surface area contributed by atoms with Crippen molar-refractivity contribution in [3.63, 3.8) is 0 Å². The van der Waals surface area contributed by atoms with Crippen LogP contribution in [-0.2, 0) is 38.1 Å². The van der Waals surface area contributed by atoms with Gasteiger partial charge in [-0.05, 0) is 145 Å². The Balaban J connectivity index is 0.000000116. The molecule has 5 atom stereocenters. The normalized spacial score (nSPS) is 46.4. The Morgan fingerprint density at radius 1 is 0.776 bits per heavy atom. The molecule has 1 heterocycles. The maximum atomic E-state index is 11.8. The molecule has 0 aromatic heterocycles. The van der Waals surface area contributed by atoms with Crippen LogP contribution in [0.25, 0.3) is 0 Å². The van der Waals surface area contributed by atoms with E-state index in [0.29, 0.717) is 35.2 Å². The maximum absolute atomic E-state index is 11.8. The Kier molecular flexibility index (Phi) is 9.17. The van der Waals surface area contributed by atoms with Gasteiger partial charge in [0, 0.05) is 29.6 Å². The number of carbonyl (C=O) groups is 4. The fourth-order valence-corrected chi connectivity index (χ4v) is 12.8. The van der Waals surface area contributed by atoms with Crippen LogP contribution in [-0.4, -0.2) is 47.3 Å². The van der Waals surface area contributed by atoms with Gasteiger partial charge in [-0.3, -0.25) is 4.79 Å². The summed E-state index contributed by atoms with van der Waals surface area (Å²) in [6.07, 6.45) is 17.9. The molecule has 0 spiro atoms. The van der Waals surface area contributed by atoms with Crippen LogP contribution >= 0.6 is 0 Å². The minimum Gasteiger partial charge on any atom is -0.458 e. The lowest BCUT2D eigenvalue weighted by Gasteiger charge is -2.60. The van der Waals surface area contributed by atoms with E-state index in [2.05, 4.69) is 33.6 Å². The number of ether oxygens (including phenoxy) is 4. The first kappa shape index (κ1) is 34.5. The molecule has 10 aliphatic carbocycles. The van der Waals surface area contributed by atoms with Gasteiger partial charge in [0.1, 0.15) is 23.4 Å². The van der Waals surface area contributed by atoms with Crippen LogP contribution in [0.2, 0.25) is 0 Å². The number of esters is 4. The Labute approximate surface area is 291 Å². The Bertz CT molecular complexity index is 1340. The molecule has 10 saturated carbocycles. The van der Waals surface area contributed by atoms with Gasteiger partial charge in [0.15, 0.2) is 0 Å². The monoisotopic (exact) mass is 676 g/mol. The average Bonchev–Trinajstić information content (AvgIpc) is 3.71. The number of fused-ring (bicyclic) bond motifs is 1. The molecule has 0 aromatic carbocycles. The highest BCUT2D eigenvalue weighted by Gasteiger charge is 2.63. The van der Waals surface area contributed by atoms with Gasteiger partial charge < -0.3 is 18.9 Å². The smallest absolute Gasteiger partial charge is 0.333 e. The van der Waals surface area contributed by atoms with Gasteiger partial charge in [0.05, 0.1) is 5.92 Å². The van der Waals surface area contributed by atoms with E-state index < -0.39 is 5.97 Å². The van der Waals surface area contributed by atoms with Gasteiger partial charge in [0.25, 0.3) is 0 Å². The standard InChI is InChI=1S/2C15H22O2.C11H12O4/c1-9(2)14(16)17-15(3)12-5-10-4-11(7-12)8-13(15)6-10;1-3-14(16)17-15(4-2)12-6-10-5-11(8-12)9-13(15)7-10;1-2-8(12)14-9-5-3-6-7(4-5)11(13)15-10(6)9/h10-13H,1,4-8H2,2-3H3;3,10-13H,1,4-9H2,2H3;2,5-7,9-10H,1,3-4H2. The van der Waals surface area contributed by atoms with E-state index in [1.807, 2.05) is 0 Å². The van der Waals surface area contributed by atoms with Gasteiger partial charge in [0.2, 0.25) is 0 Å². The molecule has 11 aliphatic rings. The van der Waals surface area contributed by atoms with Crippen LogP contribution in [0.4, 0.5) is 0 Å². The van der Waals surface area contributed by atoms with E-state index in [-0.39, 0.29) is 53.2 Å². The molecule has 8 heteroatoms. The molecule has 0 radical (unpaired) electrons. The van der Waals surface area contributed by atoms with Crippen molar-refractivity contribution in [3.8, 4) is 0 Å². The van der Waals surface area contributed by atoms with Gasteiger partial charge in [-0.15, -0.1) is 0 Å². The second-order valence-corrected chi connectivity index (χ2v) is 17.4. The highest BCUT2D eigenvalue weighted by Crippen LogP contribution is 2.61. The largest absolute Gasteiger partial charge is 0.458 e. The SMILES string of the molecule is C=C(C)C(=O)OC1(C)C2CC3CC(C2)CC1C3.C=CC(=O)OC1(CC)C2CC3CC(C2)CC1C3.C=CC(=O)OC1C2CC3C(=O)OC1C3C2. The lowest BCUT2D eigenvalue weighted by Crippen LogP contribution is -2.59. The third kappa shape index (κ3) is 6.01. The zero-order chi connectivity index (χ0) is 34.8. The third-order valence-corrected chi connectivity index (χ3v) is 14.8. The quantitative estimate of drug-likeness (QED) is 0.157. The van der Waals surface area contributed by atoms with E-state index in [4.69, 9.17) is 18.9 Å². The average molecular weight is 677 g/mol. The Morgan fingerprint density at radius 2 is 1.29 bits per heavy atom. The Hall–Kier alpha value is -2.90. The number of rotatable bonds is 7. The Morgan fingerprint density at radius 3 is 1.76 bits per heavy atom. The summed E-state index contributed by atoms with van der Waals surface area (Å²) in [6.45, 7) is 16.7. The first-order valence-electron chi connectivity index (χ1n) is 19.1. The van der Waals surface area contributed by atoms with Gasteiger partial charge in [-0.1, -0.05) is 26.7 Å². The topological polar surface area (TPSA) is 105 Å². The van der Waals surface area contributed by atoms with E-state index in [0.717, 1.165) is 49.0 Å². The molecule has 1 aliphatic heterocycles. The fourth-order valence-electron chi connectivity index (χ4n) is 12.8. The molecular weight excluding hydrogens is 620 g/mol. The molecule has 11 fully saturated rings. The number of hydrogen-bond acceptors (Lipinski definition) is 8. The van der Waals surface area contributed by atoms with Crippen LogP contribution in [0.1, 0.15) is 104 Å². The molecule has 0 N–H and O–H groups in total. The first-order chi connectivity index (χ1) is 23.4. The summed E-state index contributed by atoms with van der Waals surface area (Å²) in [7, 11) is 0. The number of hydrogen-bond donors (Lipinski definition) is 0. The first-order valence-corrected chi connectivity index (χ1v) is 19.1. The number of carbonyl (C=O) groups excluding carboxylic acids is 4. The van der Waals surface area contributed by atoms with Crippen LogP contribution in [0.5, 0.6) is 0 Å². The van der Waals surface area contributed by atoms with E-state index >= 15 is 0 Å². The van der Waals surface area contributed by atoms with Crippen molar-refractivity contribution in [2.45, 2.75) is 128 Å². The van der Waals surface area contributed by atoms with Crippen molar-refractivity contribution in [1.29, 1.82) is 0 Å². The van der Waals surface area contributed by atoms with Gasteiger partial charge in [-0.2, -0.15) is 0 Å². The summed E-state index contributed by atoms with van der Waals surface area (Å²) in [5, 5.41) is 0. The van der Waals surface area contributed by atoms with Crippen molar-refractivity contribution < 1.29 is 38.1 Å². The van der Waals surface area contributed by atoms with Gasteiger partial charge >= 0.3 is 23.9 Å².